The maximum Gasteiger partial charge on any atom is 0.323 e. The Morgan fingerprint density at radius 2 is 2.33 bits per heavy atom. The van der Waals surface area contributed by atoms with Crippen LogP contribution >= 0.6 is 11.8 Å². The lowest BCUT2D eigenvalue weighted by Crippen LogP contribution is -2.57. The molecule has 0 aromatic carbocycles. The van der Waals surface area contributed by atoms with Crippen LogP contribution < -0.4 is 5.32 Å². The lowest BCUT2D eigenvalue weighted by atomic mass is 9.81. The van der Waals surface area contributed by atoms with Gasteiger partial charge in [-0.15, -0.1) is 0 Å². The zero-order valence-electron chi connectivity index (χ0n) is 11.6. The molecule has 0 aromatic heterocycles. The third-order valence-corrected chi connectivity index (χ3v) is 4.60. The smallest absolute Gasteiger partial charge is 0.323 e. The number of nitrogens with one attached hydrogen (secondary N) is 1. The van der Waals surface area contributed by atoms with Crippen molar-refractivity contribution in [1.82, 2.24) is 5.32 Å². The van der Waals surface area contributed by atoms with Crippen LogP contribution in [0.15, 0.2) is 0 Å². The number of aliphatic carboxylic acids is 1. The average Bonchev–Trinajstić information content (AvgIpc) is 2.28. The summed E-state index contributed by atoms with van der Waals surface area (Å²) in [5, 5.41) is 13.2. The summed E-state index contributed by atoms with van der Waals surface area (Å²) in [6.07, 6.45) is 3.55. The van der Waals surface area contributed by atoms with Crippen molar-refractivity contribution < 1.29 is 14.6 Å². The second kappa shape index (κ2) is 7.36. The molecule has 5 heteroatoms. The quantitative estimate of drug-likeness (QED) is 0.697. The van der Waals surface area contributed by atoms with Crippen LogP contribution in [0.1, 0.15) is 39.5 Å². The maximum atomic E-state index is 11.6. The molecule has 0 aliphatic heterocycles. The average molecular weight is 275 g/mol. The summed E-state index contributed by atoms with van der Waals surface area (Å²) in [4.78, 5) is 11.6. The topological polar surface area (TPSA) is 58.6 Å². The first-order chi connectivity index (χ1) is 8.50. The second-order valence-corrected chi connectivity index (χ2v) is 6.68. The van der Waals surface area contributed by atoms with Gasteiger partial charge in [-0.3, -0.25) is 10.1 Å². The van der Waals surface area contributed by atoms with E-state index in [0.29, 0.717) is 5.25 Å². The lowest BCUT2D eigenvalue weighted by Gasteiger charge is -2.39. The fourth-order valence-electron chi connectivity index (χ4n) is 2.60. The van der Waals surface area contributed by atoms with Gasteiger partial charge in [-0.25, -0.2) is 0 Å². The fraction of sp³-hybridized carbons (Fsp3) is 0.923. The zero-order valence-corrected chi connectivity index (χ0v) is 12.4. The third-order valence-electron chi connectivity index (χ3n) is 3.32. The van der Waals surface area contributed by atoms with E-state index in [1.807, 2.05) is 25.6 Å². The monoisotopic (exact) mass is 275 g/mol. The van der Waals surface area contributed by atoms with E-state index in [1.165, 1.54) is 0 Å². The van der Waals surface area contributed by atoms with Gasteiger partial charge in [-0.2, -0.15) is 11.8 Å². The first-order valence-corrected chi connectivity index (χ1v) is 7.66. The third kappa shape index (κ3) is 4.44. The maximum absolute atomic E-state index is 11.6. The molecule has 1 fully saturated rings. The van der Waals surface area contributed by atoms with Gasteiger partial charge in [0.15, 0.2) is 0 Å². The number of rotatable bonds is 7. The highest BCUT2D eigenvalue weighted by Crippen LogP contribution is 2.35. The SMILES string of the molecule is COCCSC1CCCC(NC(C)C)(C(=O)O)C1. The van der Waals surface area contributed by atoms with Gasteiger partial charge in [0.25, 0.3) is 0 Å². The molecule has 0 amide bonds. The van der Waals surface area contributed by atoms with Crippen LogP contribution in [0, 0.1) is 0 Å². The molecule has 0 radical (unpaired) electrons. The Labute approximate surface area is 114 Å². The Bertz CT molecular complexity index is 273. The molecule has 0 heterocycles. The predicted molar refractivity (Wildman–Crippen MR) is 75.2 cm³/mol. The van der Waals surface area contributed by atoms with Gasteiger partial charge in [0.05, 0.1) is 6.61 Å². The van der Waals surface area contributed by atoms with Crippen LogP contribution in [-0.4, -0.2) is 47.4 Å². The van der Waals surface area contributed by atoms with E-state index in [9.17, 15) is 9.90 Å². The van der Waals surface area contributed by atoms with E-state index in [2.05, 4.69) is 5.32 Å². The van der Waals surface area contributed by atoms with Crippen molar-refractivity contribution in [1.29, 1.82) is 0 Å². The molecule has 0 aromatic rings. The Hall–Kier alpha value is -0.260. The van der Waals surface area contributed by atoms with E-state index in [-0.39, 0.29) is 6.04 Å². The summed E-state index contributed by atoms with van der Waals surface area (Å²) in [5.74, 6) is 0.242. The molecule has 0 saturated heterocycles. The Balaban J connectivity index is 2.59. The molecule has 2 unspecified atom stereocenters. The highest BCUT2D eigenvalue weighted by molar-refractivity contribution is 7.99. The molecule has 18 heavy (non-hydrogen) atoms. The summed E-state index contributed by atoms with van der Waals surface area (Å²) < 4.78 is 5.04. The standard InChI is InChI=1S/C13H25NO3S/c1-10(2)14-13(12(15)16)6-4-5-11(9-13)18-8-7-17-3/h10-11,14H,4-9H2,1-3H3,(H,15,16). The fourth-order valence-corrected chi connectivity index (χ4v) is 3.94. The molecule has 1 saturated carbocycles. The van der Waals surface area contributed by atoms with Gasteiger partial charge < -0.3 is 9.84 Å². The van der Waals surface area contributed by atoms with Crippen LogP contribution in [0.25, 0.3) is 0 Å². The number of carboxylic acids is 1. The highest BCUT2D eigenvalue weighted by Gasteiger charge is 2.43. The van der Waals surface area contributed by atoms with Gasteiger partial charge in [-0.05, 0) is 39.5 Å². The lowest BCUT2D eigenvalue weighted by molar-refractivity contribution is -0.146. The number of ether oxygens (including phenoxy) is 1. The summed E-state index contributed by atoms with van der Waals surface area (Å²) in [6.45, 7) is 4.75. The van der Waals surface area contributed by atoms with Gasteiger partial charge in [0, 0.05) is 24.2 Å². The van der Waals surface area contributed by atoms with Crippen molar-refractivity contribution in [2.45, 2.75) is 56.4 Å². The largest absolute Gasteiger partial charge is 0.480 e. The molecule has 2 N–H and O–H groups in total. The number of methoxy groups -OCH3 is 1. The van der Waals surface area contributed by atoms with E-state index in [0.717, 1.165) is 38.0 Å². The molecule has 0 bridgehead atoms. The minimum atomic E-state index is -0.725. The highest BCUT2D eigenvalue weighted by atomic mass is 32.2. The van der Waals surface area contributed by atoms with Crippen molar-refractivity contribution >= 4 is 17.7 Å². The number of hydrogen-bond donors (Lipinski definition) is 2. The molecular weight excluding hydrogens is 250 g/mol. The van der Waals surface area contributed by atoms with Crippen LogP contribution in [-0.2, 0) is 9.53 Å². The van der Waals surface area contributed by atoms with E-state index in [1.54, 1.807) is 7.11 Å². The summed E-state index contributed by atoms with van der Waals surface area (Å²) in [5.41, 5.74) is -0.725. The first kappa shape index (κ1) is 15.8. The molecule has 106 valence electrons. The van der Waals surface area contributed by atoms with Crippen molar-refractivity contribution in [2.24, 2.45) is 0 Å². The Morgan fingerprint density at radius 3 is 2.89 bits per heavy atom. The summed E-state index contributed by atoms with van der Waals surface area (Å²) in [6, 6.07) is 0.198. The minimum Gasteiger partial charge on any atom is -0.480 e. The normalized spacial score (nSPS) is 28.6. The van der Waals surface area contributed by atoms with Crippen LogP contribution in [0.4, 0.5) is 0 Å². The van der Waals surface area contributed by atoms with Crippen LogP contribution in [0.5, 0.6) is 0 Å². The second-order valence-electron chi connectivity index (χ2n) is 5.27. The molecule has 1 aliphatic rings. The molecule has 0 spiro atoms. The van der Waals surface area contributed by atoms with Gasteiger partial charge in [-0.1, -0.05) is 0 Å². The summed E-state index contributed by atoms with van der Waals surface area (Å²) >= 11 is 1.84. The van der Waals surface area contributed by atoms with Crippen molar-refractivity contribution in [2.75, 3.05) is 19.5 Å². The number of carboxylic acid groups (broad SMARTS) is 1. The molecular formula is C13H25NO3S. The van der Waals surface area contributed by atoms with Crippen molar-refractivity contribution in [3.63, 3.8) is 0 Å². The van der Waals surface area contributed by atoms with Gasteiger partial charge >= 0.3 is 5.97 Å². The Kier molecular flexibility index (Phi) is 6.46. The van der Waals surface area contributed by atoms with Gasteiger partial charge in [0.2, 0.25) is 0 Å². The van der Waals surface area contributed by atoms with E-state index < -0.39 is 11.5 Å². The molecule has 1 rings (SSSR count). The van der Waals surface area contributed by atoms with Crippen LogP contribution in [0.3, 0.4) is 0 Å². The van der Waals surface area contributed by atoms with Crippen LogP contribution in [0.2, 0.25) is 0 Å². The van der Waals surface area contributed by atoms with Crippen molar-refractivity contribution in [3.05, 3.63) is 0 Å². The Morgan fingerprint density at radius 1 is 1.61 bits per heavy atom. The van der Waals surface area contributed by atoms with Crippen molar-refractivity contribution in [3.8, 4) is 0 Å². The van der Waals surface area contributed by atoms with E-state index >= 15 is 0 Å². The number of carbonyl (C=O) groups is 1. The number of hydrogen-bond acceptors (Lipinski definition) is 4. The molecule has 4 nitrogen and oxygen atoms in total. The zero-order chi connectivity index (χ0) is 13.6. The summed E-state index contributed by atoms with van der Waals surface area (Å²) in [7, 11) is 1.70. The minimum absolute atomic E-state index is 0.198. The molecule has 2 atom stereocenters. The first-order valence-electron chi connectivity index (χ1n) is 6.62. The molecule has 1 aliphatic carbocycles. The number of thioether (sulfide) groups is 1. The van der Waals surface area contributed by atoms with E-state index in [4.69, 9.17) is 4.74 Å². The predicted octanol–water partition coefficient (Wildman–Crippen LogP) is 2.13. The van der Waals surface area contributed by atoms with Gasteiger partial charge in [0.1, 0.15) is 5.54 Å².